The highest BCUT2D eigenvalue weighted by Crippen LogP contribution is 2.15. The highest BCUT2D eigenvalue weighted by molar-refractivity contribution is 5.79. The minimum absolute atomic E-state index is 0.0740. The van der Waals surface area contributed by atoms with Crippen LogP contribution in [0.5, 0.6) is 5.75 Å². The van der Waals surface area contributed by atoms with Gasteiger partial charge in [-0.05, 0) is 19.1 Å². The molecule has 0 aliphatic carbocycles. The number of aldehydes is 1. The van der Waals surface area contributed by atoms with Gasteiger partial charge in [-0.25, -0.2) is 0 Å². The van der Waals surface area contributed by atoms with Crippen LogP contribution in [0.15, 0.2) is 24.3 Å². The van der Waals surface area contributed by atoms with Crippen LogP contribution in [0.25, 0.3) is 0 Å². The molecule has 0 saturated carbocycles. The predicted molar refractivity (Wildman–Crippen MR) is 70.6 cm³/mol. The first-order valence-corrected chi connectivity index (χ1v) is 6.13. The van der Waals surface area contributed by atoms with Crippen LogP contribution < -0.4 is 4.74 Å². The summed E-state index contributed by atoms with van der Waals surface area (Å²) in [7, 11) is 1.59. The van der Waals surface area contributed by atoms with Gasteiger partial charge in [-0.3, -0.25) is 4.79 Å². The van der Waals surface area contributed by atoms with Gasteiger partial charge in [0, 0.05) is 7.11 Å². The third-order valence-corrected chi connectivity index (χ3v) is 2.45. The second-order valence-corrected chi connectivity index (χ2v) is 4.22. The van der Waals surface area contributed by atoms with Crippen molar-refractivity contribution in [3.63, 3.8) is 0 Å². The quantitative estimate of drug-likeness (QED) is 0.684. The maximum absolute atomic E-state index is 10.8. The molecule has 0 amide bonds. The molecule has 0 aromatic heterocycles. The Balaban J connectivity index is 2.33. The minimum Gasteiger partial charge on any atom is -0.490 e. The molecule has 0 aliphatic rings. The molecule has 106 valence electrons. The zero-order valence-electron chi connectivity index (χ0n) is 11.2. The summed E-state index contributed by atoms with van der Waals surface area (Å²) in [5, 5.41) is 9.71. The van der Waals surface area contributed by atoms with Crippen molar-refractivity contribution >= 4 is 6.29 Å². The van der Waals surface area contributed by atoms with E-state index in [4.69, 9.17) is 14.2 Å². The Bertz CT molecular complexity index is 380. The van der Waals surface area contributed by atoms with Gasteiger partial charge in [0.1, 0.15) is 18.5 Å². The molecule has 1 rings (SSSR count). The summed E-state index contributed by atoms with van der Waals surface area (Å²) < 4.78 is 15.7. The maximum atomic E-state index is 10.8. The van der Waals surface area contributed by atoms with E-state index in [-0.39, 0.29) is 19.3 Å². The van der Waals surface area contributed by atoms with Gasteiger partial charge >= 0.3 is 0 Å². The number of methoxy groups -OCH3 is 1. The highest BCUT2D eigenvalue weighted by Gasteiger charge is 2.10. The minimum atomic E-state index is -0.751. The molecular weight excluding hydrogens is 248 g/mol. The van der Waals surface area contributed by atoms with Crippen molar-refractivity contribution in [1.29, 1.82) is 0 Å². The summed E-state index contributed by atoms with van der Waals surface area (Å²) in [6.07, 6.45) is -0.111. The van der Waals surface area contributed by atoms with E-state index in [1.807, 2.05) is 6.92 Å². The number of rotatable bonds is 9. The standard InChI is InChI=1S/C14H20O5/c1-11(8-17-2)18-9-13(16)10-19-14-6-4-3-5-12(14)7-15/h3-7,11,13,16H,8-10H2,1-2H3. The molecule has 0 bridgehead atoms. The summed E-state index contributed by atoms with van der Waals surface area (Å²) in [5.74, 6) is 0.460. The van der Waals surface area contributed by atoms with Crippen molar-refractivity contribution in [3.8, 4) is 5.75 Å². The van der Waals surface area contributed by atoms with Crippen LogP contribution in [0.1, 0.15) is 17.3 Å². The molecule has 0 fully saturated rings. The Morgan fingerprint density at radius 2 is 2.00 bits per heavy atom. The summed E-state index contributed by atoms with van der Waals surface area (Å²) >= 11 is 0. The van der Waals surface area contributed by atoms with Crippen LogP contribution in [-0.2, 0) is 9.47 Å². The molecule has 0 saturated heterocycles. The van der Waals surface area contributed by atoms with Crippen molar-refractivity contribution < 1.29 is 24.1 Å². The number of benzene rings is 1. The Labute approximate surface area is 113 Å². The Kier molecular flexibility index (Phi) is 7.10. The molecule has 2 unspecified atom stereocenters. The number of aliphatic hydroxyl groups is 1. The smallest absolute Gasteiger partial charge is 0.153 e. The normalized spacial score (nSPS) is 13.8. The topological polar surface area (TPSA) is 65.0 Å². The Hall–Kier alpha value is -1.43. The van der Waals surface area contributed by atoms with Crippen LogP contribution in [-0.4, -0.2) is 50.5 Å². The molecule has 1 aromatic carbocycles. The van der Waals surface area contributed by atoms with Crippen molar-refractivity contribution in [3.05, 3.63) is 29.8 Å². The molecule has 1 aromatic rings. The van der Waals surface area contributed by atoms with Crippen LogP contribution in [0, 0.1) is 0 Å². The number of hydrogen-bond donors (Lipinski definition) is 1. The van der Waals surface area contributed by atoms with Crippen LogP contribution >= 0.6 is 0 Å². The summed E-state index contributed by atoms with van der Waals surface area (Å²) in [6.45, 7) is 2.57. The second kappa shape index (κ2) is 8.63. The number of hydrogen-bond acceptors (Lipinski definition) is 5. The molecule has 1 N–H and O–H groups in total. The van der Waals surface area contributed by atoms with Gasteiger partial charge in [-0.15, -0.1) is 0 Å². The van der Waals surface area contributed by atoms with E-state index in [0.717, 1.165) is 6.29 Å². The van der Waals surface area contributed by atoms with Gasteiger partial charge < -0.3 is 19.3 Å². The highest BCUT2D eigenvalue weighted by atomic mass is 16.5. The molecular formula is C14H20O5. The van der Waals surface area contributed by atoms with E-state index in [1.165, 1.54) is 0 Å². The number of carbonyl (C=O) groups is 1. The average molecular weight is 268 g/mol. The molecule has 0 aliphatic heterocycles. The molecule has 0 heterocycles. The average Bonchev–Trinajstić information content (AvgIpc) is 2.43. The lowest BCUT2D eigenvalue weighted by molar-refractivity contribution is -0.0423. The van der Waals surface area contributed by atoms with Crippen LogP contribution in [0.3, 0.4) is 0 Å². The SMILES string of the molecule is COCC(C)OCC(O)COc1ccccc1C=O. The fraction of sp³-hybridized carbons (Fsp3) is 0.500. The molecule has 2 atom stereocenters. The Morgan fingerprint density at radius 3 is 2.68 bits per heavy atom. The summed E-state index contributed by atoms with van der Waals surface area (Å²) in [4.78, 5) is 10.8. The number of carbonyl (C=O) groups excluding carboxylic acids is 1. The largest absolute Gasteiger partial charge is 0.490 e. The fourth-order valence-electron chi connectivity index (χ4n) is 1.50. The lowest BCUT2D eigenvalue weighted by Gasteiger charge is -2.16. The first-order valence-electron chi connectivity index (χ1n) is 6.13. The van der Waals surface area contributed by atoms with Crippen molar-refractivity contribution in [2.75, 3.05) is 26.9 Å². The van der Waals surface area contributed by atoms with Gasteiger partial charge in [0.25, 0.3) is 0 Å². The zero-order valence-corrected chi connectivity index (χ0v) is 11.2. The number of aliphatic hydroxyl groups excluding tert-OH is 1. The van der Waals surface area contributed by atoms with E-state index in [0.29, 0.717) is 17.9 Å². The van der Waals surface area contributed by atoms with E-state index in [1.54, 1.807) is 31.4 Å². The molecule has 19 heavy (non-hydrogen) atoms. The van der Waals surface area contributed by atoms with Crippen molar-refractivity contribution in [2.45, 2.75) is 19.1 Å². The van der Waals surface area contributed by atoms with Gasteiger partial charge in [0.15, 0.2) is 6.29 Å². The van der Waals surface area contributed by atoms with Gasteiger partial charge in [0.05, 0.1) is 24.9 Å². The van der Waals surface area contributed by atoms with Crippen LogP contribution in [0.4, 0.5) is 0 Å². The lowest BCUT2D eigenvalue weighted by atomic mass is 10.2. The summed E-state index contributed by atoms with van der Waals surface area (Å²) in [6, 6.07) is 6.87. The van der Waals surface area contributed by atoms with E-state index >= 15 is 0 Å². The van der Waals surface area contributed by atoms with E-state index < -0.39 is 6.10 Å². The summed E-state index contributed by atoms with van der Waals surface area (Å²) in [5.41, 5.74) is 0.461. The monoisotopic (exact) mass is 268 g/mol. The van der Waals surface area contributed by atoms with Gasteiger partial charge in [-0.1, -0.05) is 12.1 Å². The predicted octanol–water partition coefficient (Wildman–Crippen LogP) is 1.29. The first-order chi connectivity index (χ1) is 9.17. The first kappa shape index (κ1) is 15.6. The van der Waals surface area contributed by atoms with Gasteiger partial charge in [0.2, 0.25) is 0 Å². The van der Waals surface area contributed by atoms with Crippen molar-refractivity contribution in [1.82, 2.24) is 0 Å². The second-order valence-electron chi connectivity index (χ2n) is 4.22. The zero-order chi connectivity index (χ0) is 14.1. The number of ether oxygens (including phenoxy) is 3. The molecule has 5 nitrogen and oxygen atoms in total. The van der Waals surface area contributed by atoms with Crippen LogP contribution in [0.2, 0.25) is 0 Å². The fourth-order valence-corrected chi connectivity index (χ4v) is 1.50. The molecule has 5 heteroatoms. The maximum Gasteiger partial charge on any atom is 0.153 e. The van der Waals surface area contributed by atoms with Crippen molar-refractivity contribution in [2.24, 2.45) is 0 Å². The lowest BCUT2D eigenvalue weighted by Crippen LogP contribution is -2.27. The third-order valence-electron chi connectivity index (χ3n) is 2.45. The number of para-hydroxylation sites is 1. The van der Waals surface area contributed by atoms with Gasteiger partial charge in [-0.2, -0.15) is 0 Å². The molecule has 0 spiro atoms. The Morgan fingerprint density at radius 1 is 1.26 bits per heavy atom. The van der Waals surface area contributed by atoms with E-state index in [2.05, 4.69) is 0 Å². The third kappa shape index (κ3) is 5.83. The molecule has 0 radical (unpaired) electrons. The van der Waals surface area contributed by atoms with E-state index in [9.17, 15) is 9.90 Å².